The van der Waals surface area contributed by atoms with Gasteiger partial charge in [-0.25, -0.2) is 0 Å². The number of hydrogen-bond acceptors (Lipinski definition) is 1. The van der Waals surface area contributed by atoms with Crippen LogP contribution in [-0.4, -0.2) is 6.54 Å². The van der Waals surface area contributed by atoms with E-state index in [0.717, 1.165) is 6.54 Å². The van der Waals surface area contributed by atoms with Gasteiger partial charge < -0.3 is 5.73 Å². The van der Waals surface area contributed by atoms with E-state index < -0.39 is 0 Å². The molecule has 0 saturated carbocycles. The van der Waals surface area contributed by atoms with Crippen LogP contribution in [0.4, 0.5) is 0 Å². The average Bonchev–Trinajstić information content (AvgIpc) is 2.03. The summed E-state index contributed by atoms with van der Waals surface area (Å²) in [6, 6.07) is 0. The Hall–Kier alpha value is -0.300. The summed E-state index contributed by atoms with van der Waals surface area (Å²) in [6.07, 6.45) is 9.43. The van der Waals surface area contributed by atoms with Gasteiger partial charge in [-0.2, -0.15) is 0 Å². The Kier molecular flexibility index (Phi) is 7.59. The fraction of sp³-hybridized carbons (Fsp3) is 0.800. The molecule has 0 fully saturated rings. The lowest BCUT2D eigenvalue weighted by atomic mass is 10.0. The highest BCUT2D eigenvalue weighted by molar-refractivity contribution is 4.88. The van der Waals surface area contributed by atoms with Crippen molar-refractivity contribution >= 4 is 0 Å². The van der Waals surface area contributed by atoms with Gasteiger partial charge in [0.2, 0.25) is 0 Å². The van der Waals surface area contributed by atoms with Crippen molar-refractivity contribution in [2.24, 2.45) is 11.7 Å². The summed E-state index contributed by atoms with van der Waals surface area (Å²) in [7, 11) is 0. The van der Waals surface area contributed by atoms with Gasteiger partial charge in [-0.15, -0.1) is 0 Å². The minimum atomic E-state index is 0.617. The normalized spacial score (nSPS) is 14.1. The second-order valence-electron chi connectivity index (χ2n) is 3.00. The van der Waals surface area contributed by atoms with E-state index in [1.54, 1.807) is 0 Å². The van der Waals surface area contributed by atoms with E-state index in [1.807, 2.05) is 0 Å². The molecule has 2 N–H and O–H groups in total. The Morgan fingerprint density at radius 3 is 2.45 bits per heavy atom. The van der Waals surface area contributed by atoms with E-state index in [4.69, 9.17) is 5.73 Å². The molecule has 0 aromatic heterocycles. The monoisotopic (exact) mass is 155 g/mol. The molecule has 0 heterocycles. The highest BCUT2D eigenvalue weighted by Gasteiger charge is 1.97. The highest BCUT2D eigenvalue weighted by atomic mass is 14.5. The molecule has 66 valence electrons. The Bertz CT molecular complexity index is 97.0. The standard InChI is InChI=1S/C10H21N/c1-3-5-6-8-10(9-11)7-4-2/h6,8,10H,3-5,7,9,11H2,1-2H3. The third-order valence-corrected chi connectivity index (χ3v) is 1.83. The average molecular weight is 155 g/mol. The summed E-state index contributed by atoms with van der Waals surface area (Å²) < 4.78 is 0. The van der Waals surface area contributed by atoms with E-state index in [0.29, 0.717) is 5.92 Å². The van der Waals surface area contributed by atoms with Crippen LogP contribution >= 0.6 is 0 Å². The molecule has 0 aliphatic heterocycles. The topological polar surface area (TPSA) is 26.0 Å². The molecular weight excluding hydrogens is 134 g/mol. The maximum atomic E-state index is 5.59. The zero-order chi connectivity index (χ0) is 8.53. The van der Waals surface area contributed by atoms with E-state index in [-0.39, 0.29) is 0 Å². The van der Waals surface area contributed by atoms with Crippen molar-refractivity contribution in [3.8, 4) is 0 Å². The van der Waals surface area contributed by atoms with Crippen molar-refractivity contribution in [2.75, 3.05) is 6.54 Å². The number of nitrogens with two attached hydrogens (primary N) is 1. The van der Waals surface area contributed by atoms with Crippen LogP contribution in [-0.2, 0) is 0 Å². The van der Waals surface area contributed by atoms with Gasteiger partial charge in [-0.05, 0) is 25.3 Å². The summed E-state index contributed by atoms with van der Waals surface area (Å²) in [5.41, 5.74) is 5.59. The molecule has 1 atom stereocenters. The van der Waals surface area contributed by atoms with Gasteiger partial charge in [-0.3, -0.25) is 0 Å². The van der Waals surface area contributed by atoms with Crippen LogP contribution in [0.5, 0.6) is 0 Å². The van der Waals surface area contributed by atoms with Crippen LogP contribution in [0.1, 0.15) is 39.5 Å². The summed E-state index contributed by atoms with van der Waals surface area (Å²) in [4.78, 5) is 0. The lowest BCUT2D eigenvalue weighted by Gasteiger charge is -2.06. The summed E-state index contributed by atoms with van der Waals surface area (Å²) in [5.74, 6) is 0.617. The molecule has 0 bridgehead atoms. The van der Waals surface area contributed by atoms with Crippen molar-refractivity contribution < 1.29 is 0 Å². The first-order valence-electron chi connectivity index (χ1n) is 4.71. The minimum absolute atomic E-state index is 0.617. The van der Waals surface area contributed by atoms with Crippen LogP contribution in [0.25, 0.3) is 0 Å². The molecule has 1 heteroatoms. The molecule has 0 spiro atoms. The molecule has 0 aliphatic rings. The van der Waals surface area contributed by atoms with Crippen LogP contribution in [0, 0.1) is 5.92 Å². The zero-order valence-electron chi connectivity index (χ0n) is 7.84. The first-order chi connectivity index (χ1) is 5.35. The van der Waals surface area contributed by atoms with Crippen molar-refractivity contribution in [2.45, 2.75) is 39.5 Å². The molecule has 11 heavy (non-hydrogen) atoms. The minimum Gasteiger partial charge on any atom is -0.330 e. The summed E-state index contributed by atoms with van der Waals surface area (Å²) in [6.45, 7) is 5.20. The van der Waals surface area contributed by atoms with E-state index in [9.17, 15) is 0 Å². The maximum Gasteiger partial charge on any atom is -0.00142 e. The Morgan fingerprint density at radius 2 is 2.00 bits per heavy atom. The molecule has 0 aromatic rings. The third-order valence-electron chi connectivity index (χ3n) is 1.83. The molecule has 1 nitrogen and oxygen atoms in total. The van der Waals surface area contributed by atoms with Gasteiger partial charge in [-0.1, -0.05) is 38.8 Å². The maximum absolute atomic E-state index is 5.59. The Labute approximate surface area is 70.7 Å². The smallest absolute Gasteiger partial charge is 0.00142 e. The number of hydrogen-bond donors (Lipinski definition) is 1. The lowest BCUT2D eigenvalue weighted by molar-refractivity contribution is 0.589. The van der Waals surface area contributed by atoms with Crippen molar-refractivity contribution in [1.29, 1.82) is 0 Å². The SMILES string of the molecule is CCCC=CC(CN)CCC. The van der Waals surface area contributed by atoms with Gasteiger partial charge >= 0.3 is 0 Å². The van der Waals surface area contributed by atoms with Crippen molar-refractivity contribution in [3.05, 3.63) is 12.2 Å². The van der Waals surface area contributed by atoms with Gasteiger partial charge in [0, 0.05) is 0 Å². The molecule has 0 amide bonds. The first-order valence-corrected chi connectivity index (χ1v) is 4.71. The van der Waals surface area contributed by atoms with E-state index in [1.165, 1.54) is 25.7 Å². The van der Waals surface area contributed by atoms with Gasteiger partial charge in [0.15, 0.2) is 0 Å². The van der Waals surface area contributed by atoms with Crippen molar-refractivity contribution in [1.82, 2.24) is 0 Å². The largest absolute Gasteiger partial charge is 0.330 e. The zero-order valence-corrected chi connectivity index (χ0v) is 7.84. The van der Waals surface area contributed by atoms with Crippen LogP contribution in [0.15, 0.2) is 12.2 Å². The van der Waals surface area contributed by atoms with Crippen LogP contribution in [0.2, 0.25) is 0 Å². The second kappa shape index (κ2) is 7.80. The van der Waals surface area contributed by atoms with E-state index >= 15 is 0 Å². The summed E-state index contributed by atoms with van der Waals surface area (Å²) in [5, 5.41) is 0. The first kappa shape index (κ1) is 10.7. The van der Waals surface area contributed by atoms with Crippen LogP contribution < -0.4 is 5.73 Å². The quantitative estimate of drug-likeness (QED) is 0.586. The number of allylic oxidation sites excluding steroid dienone is 1. The molecular formula is C10H21N. The van der Waals surface area contributed by atoms with Gasteiger partial charge in [0.05, 0.1) is 0 Å². The highest BCUT2D eigenvalue weighted by Crippen LogP contribution is 2.06. The fourth-order valence-electron chi connectivity index (χ4n) is 1.12. The van der Waals surface area contributed by atoms with Gasteiger partial charge in [0.1, 0.15) is 0 Å². The van der Waals surface area contributed by atoms with E-state index in [2.05, 4.69) is 26.0 Å². The predicted molar refractivity (Wildman–Crippen MR) is 51.5 cm³/mol. The number of rotatable bonds is 6. The lowest BCUT2D eigenvalue weighted by Crippen LogP contribution is -2.11. The predicted octanol–water partition coefficient (Wildman–Crippen LogP) is 2.72. The van der Waals surface area contributed by atoms with Crippen LogP contribution in [0.3, 0.4) is 0 Å². The fourth-order valence-corrected chi connectivity index (χ4v) is 1.12. The molecule has 1 unspecified atom stereocenters. The molecule has 0 saturated heterocycles. The number of unbranched alkanes of at least 4 members (excludes halogenated alkanes) is 1. The molecule has 0 aromatic carbocycles. The Balaban J connectivity index is 3.49. The Morgan fingerprint density at radius 1 is 1.27 bits per heavy atom. The summed E-state index contributed by atoms with van der Waals surface area (Å²) >= 11 is 0. The van der Waals surface area contributed by atoms with Gasteiger partial charge in [0.25, 0.3) is 0 Å². The second-order valence-corrected chi connectivity index (χ2v) is 3.00. The molecule has 0 radical (unpaired) electrons. The molecule has 0 rings (SSSR count). The molecule has 0 aliphatic carbocycles. The third kappa shape index (κ3) is 6.11. The van der Waals surface area contributed by atoms with Crippen molar-refractivity contribution in [3.63, 3.8) is 0 Å².